The Morgan fingerprint density at radius 3 is 2.70 bits per heavy atom. The van der Waals surface area contributed by atoms with E-state index < -0.39 is 0 Å². The maximum atomic E-state index is 5.58. The van der Waals surface area contributed by atoms with Crippen molar-refractivity contribution in [3.63, 3.8) is 0 Å². The van der Waals surface area contributed by atoms with Crippen LogP contribution in [0.4, 0.5) is 5.69 Å². The zero-order chi connectivity index (χ0) is 13.9. The molecular formula is C17H20N2O. The van der Waals surface area contributed by atoms with Crippen molar-refractivity contribution < 1.29 is 4.74 Å². The molecule has 1 aliphatic heterocycles. The molecule has 3 rings (SSSR count). The normalized spacial score (nSPS) is 14.5. The summed E-state index contributed by atoms with van der Waals surface area (Å²) < 4.78 is 5.58. The van der Waals surface area contributed by atoms with Crippen molar-refractivity contribution in [2.75, 3.05) is 26.0 Å². The number of fused-ring (bicyclic) bond motifs is 1. The molecular weight excluding hydrogens is 248 g/mol. The number of nitrogens with one attached hydrogen (secondary N) is 2. The lowest BCUT2D eigenvalue weighted by Crippen LogP contribution is -2.17. The van der Waals surface area contributed by atoms with Crippen LogP contribution in [0.2, 0.25) is 0 Å². The van der Waals surface area contributed by atoms with Gasteiger partial charge in [-0.05, 0) is 41.9 Å². The van der Waals surface area contributed by atoms with Gasteiger partial charge in [-0.1, -0.05) is 24.3 Å². The quantitative estimate of drug-likeness (QED) is 0.894. The van der Waals surface area contributed by atoms with Gasteiger partial charge in [-0.15, -0.1) is 0 Å². The Bertz CT molecular complexity index is 610. The molecule has 0 spiro atoms. The monoisotopic (exact) mass is 268 g/mol. The third kappa shape index (κ3) is 2.37. The van der Waals surface area contributed by atoms with Crippen molar-refractivity contribution in [3.05, 3.63) is 59.2 Å². The second kappa shape index (κ2) is 5.55. The van der Waals surface area contributed by atoms with Crippen molar-refractivity contribution >= 4 is 5.69 Å². The van der Waals surface area contributed by atoms with E-state index in [4.69, 9.17) is 4.74 Å². The highest BCUT2D eigenvalue weighted by Crippen LogP contribution is 2.31. The van der Waals surface area contributed by atoms with Gasteiger partial charge in [0.2, 0.25) is 0 Å². The lowest BCUT2D eigenvalue weighted by Gasteiger charge is -2.19. The molecule has 0 saturated carbocycles. The fraction of sp³-hybridized carbons (Fsp3) is 0.294. The Morgan fingerprint density at radius 1 is 1.05 bits per heavy atom. The highest BCUT2D eigenvalue weighted by molar-refractivity contribution is 5.49. The number of hydrogen-bond acceptors (Lipinski definition) is 3. The fourth-order valence-corrected chi connectivity index (χ4v) is 2.79. The molecule has 0 bridgehead atoms. The van der Waals surface area contributed by atoms with E-state index in [9.17, 15) is 0 Å². The van der Waals surface area contributed by atoms with E-state index in [1.54, 1.807) is 0 Å². The molecule has 1 aliphatic rings. The van der Waals surface area contributed by atoms with Crippen LogP contribution in [0.25, 0.3) is 0 Å². The molecule has 2 N–H and O–H groups in total. The predicted molar refractivity (Wildman–Crippen MR) is 82.5 cm³/mol. The molecule has 1 unspecified atom stereocenters. The largest absolute Gasteiger partial charge is 0.493 e. The molecule has 0 saturated heterocycles. The van der Waals surface area contributed by atoms with Gasteiger partial charge in [0.1, 0.15) is 5.75 Å². The lowest BCUT2D eigenvalue weighted by molar-refractivity contribution is 0.357. The van der Waals surface area contributed by atoms with E-state index in [0.717, 1.165) is 24.5 Å². The summed E-state index contributed by atoms with van der Waals surface area (Å²) in [4.78, 5) is 0. The zero-order valence-corrected chi connectivity index (χ0v) is 11.9. The molecule has 3 heteroatoms. The number of anilines is 1. The van der Waals surface area contributed by atoms with Crippen molar-refractivity contribution in [3.8, 4) is 5.75 Å². The summed E-state index contributed by atoms with van der Waals surface area (Å²) in [6.07, 6.45) is 1.01. The van der Waals surface area contributed by atoms with Crippen molar-refractivity contribution in [1.82, 2.24) is 5.32 Å². The molecule has 1 heterocycles. The molecule has 2 aromatic rings. The van der Waals surface area contributed by atoms with Crippen LogP contribution >= 0.6 is 0 Å². The van der Waals surface area contributed by atoms with Crippen LogP contribution in [-0.2, 0) is 6.42 Å². The highest BCUT2D eigenvalue weighted by atomic mass is 16.5. The Labute approximate surface area is 120 Å². The summed E-state index contributed by atoms with van der Waals surface area (Å²) >= 11 is 0. The molecule has 0 amide bonds. The molecule has 2 aromatic carbocycles. The van der Waals surface area contributed by atoms with Crippen LogP contribution in [0.3, 0.4) is 0 Å². The van der Waals surface area contributed by atoms with Crippen molar-refractivity contribution in [1.29, 1.82) is 0 Å². The molecule has 0 radical (unpaired) electrons. The van der Waals surface area contributed by atoms with Crippen LogP contribution in [0.15, 0.2) is 42.5 Å². The summed E-state index contributed by atoms with van der Waals surface area (Å²) in [5.41, 5.74) is 4.99. The van der Waals surface area contributed by atoms with Gasteiger partial charge in [-0.25, -0.2) is 0 Å². The van der Waals surface area contributed by atoms with E-state index in [0.29, 0.717) is 0 Å². The summed E-state index contributed by atoms with van der Waals surface area (Å²) in [5, 5.41) is 6.60. The smallest absolute Gasteiger partial charge is 0.122 e. The van der Waals surface area contributed by atoms with E-state index >= 15 is 0 Å². The number of ether oxygens (including phenoxy) is 1. The molecule has 3 nitrogen and oxygen atoms in total. The molecule has 0 aliphatic carbocycles. The number of benzene rings is 2. The Morgan fingerprint density at radius 2 is 1.90 bits per heavy atom. The summed E-state index contributed by atoms with van der Waals surface area (Å²) in [7, 11) is 3.95. The Hall–Kier alpha value is -2.00. The summed E-state index contributed by atoms with van der Waals surface area (Å²) in [6.45, 7) is 0.804. The van der Waals surface area contributed by atoms with Crippen LogP contribution < -0.4 is 15.4 Å². The van der Waals surface area contributed by atoms with E-state index in [2.05, 4.69) is 53.1 Å². The van der Waals surface area contributed by atoms with Gasteiger partial charge in [0.15, 0.2) is 0 Å². The van der Waals surface area contributed by atoms with Gasteiger partial charge >= 0.3 is 0 Å². The van der Waals surface area contributed by atoms with Crippen LogP contribution in [0.5, 0.6) is 5.75 Å². The number of rotatable bonds is 4. The second-order valence-corrected chi connectivity index (χ2v) is 5.06. The summed E-state index contributed by atoms with van der Waals surface area (Å²) in [6, 6.07) is 15.2. The van der Waals surface area contributed by atoms with Crippen LogP contribution in [0, 0.1) is 0 Å². The average Bonchev–Trinajstić information content (AvgIpc) is 2.96. The third-order valence-electron chi connectivity index (χ3n) is 3.84. The van der Waals surface area contributed by atoms with E-state index in [1.807, 2.05) is 14.1 Å². The van der Waals surface area contributed by atoms with Crippen LogP contribution in [-0.4, -0.2) is 20.7 Å². The molecule has 1 atom stereocenters. The molecule has 20 heavy (non-hydrogen) atoms. The van der Waals surface area contributed by atoms with Gasteiger partial charge in [0, 0.05) is 19.2 Å². The molecule has 104 valence electrons. The first-order valence-corrected chi connectivity index (χ1v) is 7.02. The van der Waals surface area contributed by atoms with Gasteiger partial charge < -0.3 is 15.4 Å². The van der Waals surface area contributed by atoms with Gasteiger partial charge in [-0.3, -0.25) is 0 Å². The van der Waals surface area contributed by atoms with E-state index in [1.165, 1.54) is 16.7 Å². The highest BCUT2D eigenvalue weighted by Gasteiger charge is 2.17. The van der Waals surface area contributed by atoms with Gasteiger partial charge in [0.05, 0.1) is 12.6 Å². The lowest BCUT2D eigenvalue weighted by atomic mass is 9.96. The molecule has 0 fully saturated rings. The second-order valence-electron chi connectivity index (χ2n) is 5.06. The predicted octanol–water partition coefficient (Wildman–Crippen LogP) is 2.97. The standard InChI is InChI=1S/C17H20N2O/c1-18-15-5-3-4-13(11-15)17(19-2)14-6-7-16-12(10-14)8-9-20-16/h3-7,10-11,17-19H,8-9H2,1-2H3. The zero-order valence-electron chi connectivity index (χ0n) is 11.9. The minimum absolute atomic E-state index is 0.203. The molecule has 0 aromatic heterocycles. The summed E-state index contributed by atoms with van der Waals surface area (Å²) in [5.74, 6) is 1.03. The minimum Gasteiger partial charge on any atom is -0.493 e. The first kappa shape index (κ1) is 13.0. The third-order valence-corrected chi connectivity index (χ3v) is 3.84. The Balaban J connectivity index is 1.96. The van der Waals surface area contributed by atoms with Gasteiger partial charge in [0.25, 0.3) is 0 Å². The maximum absolute atomic E-state index is 5.58. The SMILES string of the molecule is CNc1cccc(C(NC)c2ccc3c(c2)CCO3)c1. The average molecular weight is 268 g/mol. The Kier molecular flexibility index (Phi) is 3.61. The maximum Gasteiger partial charge on any atom is 0.122 e. The first-order chi connectivity index (χ1) is 9.81. The van der Waals surface area contributed by atoms with Crippen molar-refractivity contribution in [2.45, 2.75) is 12.5 Å². The van der Waals surface area contributed by atoms with E-state index in [-0.39, 0.29) is 6.04 Å². The number of hydrogen-bond donors (Lipinski definition) is 2. The first-order valence-electron chi connectivity index (χ1n) is 7.02. The van der Waals surface area contributed by atoms with Crippen molar-refractivity contribution in [2.24, 2.45) is 0 Å². The van der Waals surface area contributed by atoms with Gasteiger partial charge in [-0.2, -0.15) is 0 Å². The topological polar surface area (TPSA) is 33.3 Å². The minimum atomic E-state index is 0.203. The fourth-order valence-electron chi connectivity index (χ4n) is 2.79. The van der Waals surface area contributed by atoms with Crippen LogP contribution in [0.1, 0.15) is 22.7 Å².